The number of nitrogens with one attached hydrogen (secondary N) is 1. The Kier molecular flexibility index (Phi) is 4.05. The summed E-state index contributed by atoms with van der Waals surface area (Å²) in [6, 6.07) is 7.84. The van der Waals surface area contributed by atoms with Crippen molar-refractivity contribution in [1.29, 1.82) is 0 Å². The predicted molar refractivity (Wildman–Crippen MR) is 93.4 cm³/mol. The molecule has 0 aliphatic heterocycles. The minimum absolute atomic E-state index is 0.0770. The van der Waals surface area contributed by atoms with Crippen molar-refractivity contribution in [3.05, 3.63) is 46.5 Å². The molecule has 3 aromatic rings. The van der Waals surface area contributed by atoms with Gasteiger partial charge in [-0.15, -0.1) is 11.3 Å². The van der Waals surface area contributed by atoms with Crippen molar-refractivity contribution in [3.8, 4) is 27.7 Å². The van der Waals surface area contributed by atoms with E-state index < -0.39 is 0 Å². The third kappa shape index (κ3) is 2.80. The molecule has 1 aromatic carbocycles. The summed E-state index contributed by atoms with van der Waals surface area (Å²) >= 11 is 1.59. The second-order valence-corrected chi connectivity index (χ2v) is 6.31. The van der Waals surface area contributed by atoms with Crippen LogP contribution in [0.15, 0.2) is 29.6 Å². The molecule has 5 heteroatoms. The highest BCUT2D eigenvalue weighted by Crippen LogP contribution is 2.32. The van der Waals surface area contributed by atoms with Crippen LogP contribution in [-0.2, 0) is 0 Å². The zero-order valence-corrected chi connectivity index (χ0v) is 14.4. The minimum atomic E-state index is 0.0770. The average Bonchev–Trinajstić information content (AvgIpc) is 3.12. The molecule has 4 nitrogen and oxygen atoms in total. The number of H-pyrrole nitrogens is 1. The minimum Gasteiger partial charge on any atom is -0.497 e. The fraction of sp³-hybridized carbons (Fsp3) is 0.222. The van der Waals surface area contributed by atoms with Crippen LogP contribution in [0.4, 0.5) is 0 Å². The van der Waals surface area contributed by atoms with Gasteiger partial charge in [0.1, 0.15) is 10.8 Å². The lowest BCUT2D eigenvalue weighted by Crippen LogP contribution is -1.94. The SMILES string of the molecule is COc1ccc(-c2nc(-c3[nH]c(C)c(C(C)=O)c3C)cs2)cc1. The summed E-state index contributed by atoms with van der Waals surface area (Å²) in [6.45, 7) is 5.47. The van der Waals surface area contributed by atoms with E-state index in [9.17, 15) is 4.79 Å². The maximum absolute atomic E-state index is 11.8. The highest BCUT2D eigenvalue weighted by Gasteiger charge is 2.18. The van der Waals surface area contributed by atoms with Crippen molar-refractivity contribution in [2.45, 2.75) is 20.8 Å². The van der Waals surface area contributed by atoms with Crippen LogP contribution >= 0.6 is 11.3 Å². The largest absolute Gasteiger partial charge is 0.497 e. The Hall–Kier alpha value is -2.40. The Labute approximate surface area is 139 Å². The number of methoxy groups -OCH3 is 1. The van der Waals surface area contributed by atoms with Crippen molar-refractivity contribution in [2.24, 2.45) is 0 Å². The van der Waals surface area contributed by atoms with Crippen LogP contribution in [0, 0.1) is 13.8 Å². The molecule has 0 aliphatic carbocycles. The summed E-state index contributed by atoms with van der Waals surface area (Å²) in [5.41, 5.74) is 5.46. The highest BCUT2D eigenvalue weighted by atomic mass is 32.1. The van der Waals surface area contributed by atoms with Gasteiger partial charge in [-0.2, -0.15) is 0 Å². The van der Waals surface area contributed by atoms with Gasteiger partial charge in [0.15, 0.2) is 5.78 Å². The van der Waals surface area contributed by atoms with Gasteiger partial charge in [-0.05, 0) is 50.6 Å². The van der Waals surface area contributed by atoms with Gasteiger partial charge in [-0.1, -0.05) is 0 Å². The van der Waals surface area contributed by atoms with E-state index in [1.165, 1.54) is 0 Å². The molecule has 0 amide bonds. The van der Waals surface area contributed by atoms with E-state index in [0.717, 1.165) is 44.5 Å². The third-order valence-corrected chi connectivity index (χ3v) is 4.78. The van der Waals surface area contributed by atoms with Gasteiger partial charge in [0.25, 0.3) is 0 Å². The number of ketones is 1. The molecule has 0 bridgehead atoms. The first-order valence-corrected chi connectivity index (χ1v) is 8.19. The molecule has 2 heterocycles. The molecule has 0 aliphatic rings. The molecular formula is C18H18N2O2S. The number of carbonyl (C=O) groups excluding carboxylic acids is 1. The van der Waals surface area contributed by atoms with Crippen LogP contribution in [0.25, 0.3) is 22.0 Å². The van der Waals surface area contributed by atoms with Crippen molar-refractivity contribution in [3.63, 3.8) is 0 Å². The topological polar surface area (TPSA) is 55.0 Å². The van der Waals surface area contributed by atoms with Crippen LogP contribution in [0.5, 0.6) is 5.75 Å². The van der Waals surface area contributed by atoms with Gasteiger partial charge >= 0.3 is 0 Å². The molecule has 0 atom stereocenters. The molecule has 0 saturated carbocycles. The number of nitrogens with zero attached hydrogens (tertiary/aromatic N) is 1. The number of hydrogen-bond acceptors (Lipinski definition) is 4. The zero-order valence-electron chi connectivity index (χ0n) is 13.6. The van der Waals surface area contributed by atoms with E-state index in [-0.39, 0.29) is 5.78 Å². The fourth-order valence-electron chi connectivity index (χ4n) is 2.79. The van der Waals surface area contributed by atoms with Crippen molar-refractivity contribution in [1.82, 2.24) is 9.97 Å². The molecule has 23 heavy (non-hydrogen) atoms. The highest BCUT2D eigenvalue weighted by molar-refractivity contribution is 7.13. The van der Waals surface area contributed by atoms with Gasteiger partial charge in [-0.3, -0.25) is 4.79 Å². The maximum Gasteiger partial charge on any atom is 0.161 e. The monoisotopic (exact) mass is 326 g/mol. The molecule has 1 N–H and O–H groups in total. The number of ether oxygens (including phenoxy) is 1. The summed E-state index contributed by atoms with van der Waals surface area (Å²) in [5.74, 6) is 0.903. The predicted octanol–water partition coefficient (Wildman–Crippen LogP) is 4.63. The zero-order chi connectivity index (χ0) is 16.6. The van der Waals surface area contributed by atoms with Crippen molar-refractivity contribution in [2.75, 3.05) is 7.11 Å². The lowest BCUT2D eigenvalue weighted by molar-refractivity contribution is 0.101. The van der Waals surface area contributed by atoms with Gasteiger partial charge in [0.05, 0.1) is 18.5 Å². The van der Waals surface area contributed by atoms with Crippen LogP contribution < -0.4 is 4.74 Å². The second-order valence-electron chi connectivity index (χ2n) is 5.45. The average molecular weight is 326 g/mol. The Balaban J connectivity index is 1.99. The van der Waals surface area contributed by atoms with Gasteiger partial charge < -0.3 is 9.72 Å². The molecule has 0 radical (unpaired) electrons. The molecule has 0 saturated heterocycles. The van der Waals surface area contributed by atoms with Crippen LogP contribution in [0.2, 0.25) is 0 Å². The molecule has 118 valence electrons. The number of aryl methyl sites for hydroxylation is 1. The quantitative estimate of drug-likeness (QED) is 0.711. The Morgan fingerprint density at radius 2 is 1.91 bits per heavy atom. The molecule has 0 unspecified atom stereocenters. The summed E-state index contributed by atoms with van der Waals surface area (Å²) in [6.07, 6.45) is 0. The van der Waals surface area contributed by atoms with E-state index in [2.05, 4.69) is 4.98 Å². The summed E-state index contributed by atoms with van der Waals surface area (Å²) < 4.78 is 5.18. The van der Waals surface area contributed by atoms with E-state index in [4.69, 9.17) is 9.72 Å². The third-order valence-electron chi connectivity index (χ3n) is 3.89. The van der Waals surface area contributed by atoms with Gasteiger partial charge in [0, 0.05) is 22.2 Å². The number of aromatic amines is 1. The fourth-order valence-corrected chi connectivity index (χ4v) is 3.61. The van der Waals surface area contributed by atoms with E-state index in [1.54, 1.807) is 25.4 Å². The summed E-state index contributed by atoms with van der Waals surface area (Å²) in [7, 11) is 1.65. The number of aromatic nitrogens is 2. The maximum atomic E-state index is 11.8. The molecule has 2 aromatic heterocycles. The lowest BCUT2D eigenvalue weighted by Gasteiger charge is -2.00. The first kappa shape index (κ1) is 15.5. The number of benzene rings is 1. The normalized spacial score (nSPS) is 10.8. The summed E-state index contributed by atoms with van der Waals surface area (Å²) in [5, 5.41) is 2.96. The number of Topliss-reactive ketones (excluding diaryl/α,β-unsaturated/α-hetero) is 1. The van der Waals surface area contributed by atoms with Gasteiger partial charge in [0.2, 0.25) is 0 Å². The Bertz CT molecular complexity index is 860. The van der Waals surface area contributed by atoms with E-state index in [0.29, 0.717) is 0 Å². The Morgan fingerprint density at radius 1 is 1.22 bits per heavy atom. The number of hydrogen-bond donors (Lipinski definition) is 1. The smallest absolute Gasteiger partial charge is 0.161 e. The van der Waals surface area contributed by atoms with Crippen molar-refractivity contribution < 1.29 is 9.53 Å². The lowest BCUT2D eigenvalue weighted by atomic mass is 10.1. The molecule has 3 rings (SSSR count). The Morgan fingerprint density at radius 3 is 2.48 bits per heavy atom. The molecule has 0 fully saturated rings. The molecular weight excluding hydrogens is 308 g/mol. The first-order valence-electron chi connectivity index (χ1n) is 7.31. The number of rotatable bonds is 4. The second kappa shape index (κ2) is 6.01. The molecule has 0 spiro atoms. The van der Waals surface area contributed by atoms with Gasteiger partial charge in [-0.25, -0.2) is 4.98 Å². The van der Waals surface area contributed by atoms with Crippen LogP contribution in [-0.4, -0.2) is 22.9 Å². The van der Waals surface area contributed by atoms with E-state index in [1.807, 2.05) is 43.5 Å². The summed E-state index contributed by atoms with van der Waals surface area (Å²) in [4.78, 5) is 19.8. The number of carbonyl (C=O) groups is 1. The van der Waals surface area contributed by atoms with E-state index >= 15 is 0 Å². The van der Waals surface area contributed by atoms with Crippen LogP contribution in [0.1, 0.15) is 28.5 Å². The standard InChI is InChI=1S/C18H18N2O2S/c1-10-16(12(3)21)11(2)19-17(10)15-9-23-18(20-15)13-5-7-14(22-4)8-6-13/h5-9,19H,1-4H3. The first-order chi connectivity index (χ1) is 11.0. The number of thiazole rings is 1. The van der Waals surface area contributed by atoms with Crippen LogP contribution in [0.3, 0.4) is 0 Å². The van der Waals surface area contributed by atoms with Crippen molar-refractivity contribution >= 4 is 17.1 Å².